The molecule has 0 aliphatic heterocycles. The maximum Gasteiger partial charge on any atom is 0.249 e. The molecule has 0 amide bonds. The van der Waals surface area contributed by atoms with E-state index < -0.39 is 0 Å². The molecule has 0 bridgehead atoms. The molecule has 0 atom stereocenters. The molecule has 0 spiro atoms. The third-order valence-electron chi connectivity index (χ3n) is 3.13. The number of rotatable bonds is 6. The molecule has 3 aromatic rings. The van der Waals surface area contributed by atoms with Gasteiger partial charge in [0.05, 0.1) is 24.2 Å². The highest BCUT2D eigenvalue weighted by atomic mass is 19.1. The predicted octanol–water partition coefficient (Wildman–Crippen LogP) is 3.90. The summed E-state index contributed by atoms with van der Waals surface area (Å²) in [6.45, 7) is 2.47. The van der Waals surface area contributed by atoms with Gasteiger partial charge < -0.3 is 15.4 Å². The number of anilines is 4. The minimum atomic E-state index is -0.388. The lowest BCUT2D eigenvalue weighted by Crippen LogP contribution is -2.04. The number of para-hydroxylation sites is 3. The number of ether oxygens (including phenoxy) is 1. The molecule has 2 N–H and O–H groups in total. The maximum absolute atomic E-state index is 13.7. The Hall–Kier alpha value is -3.22. The Bertz CT molecular complexity index is 827. The van der Waals surface area contributed by atoms with Crippen molar-refractivity contribution in [2.45, 2.75) is 6.92 Å². The van der Waals surface area contributed by atoms with E-state index >= 15 is 0 Å². The average molecular weight is 325 g/mol. The Morgan fingerprint density at radius 3 is 2.54 bits per heavy atom. The molecule has 0 aliphatic rings. The molecular weight excluding hydrogens is 309 g/mol. The van der Waals surface area contributed by atoms with Gasteiger partial charge in [0, 0.05) is 0 Å². The number of aromatic nitrogens is 3. The summed E-state index contributed by atoms with van der Waals surface area (Å²) >= 11 is 0. The zero-order valence-electron chi connectivity index (χ0n) is 13.0. The van der Waals surface area contributed by atoms with Crippen molar-refractivity contribution in [1.82, 2.24) is 15.2 Å². The van der Waals surface area contributed by atoms with Crippen LogP contribution in [-0.2, 0) is 0 Å². The van der Waals surface area contributed by atoms with Gasteiger partial charge in [0.15, 0.2) is 5.82 Å². The van der Waals surface area contributed by atoms with Crippen LogP contribution in [0.1, 0.15) is 6.92 Å². The molecule has 24 heavy (non-hydrogen) atoms. The molecule has 1 heterocycles. The van der Waals surface area contributed by atoms with Gasteiger partial charge in [-0.25, -0.2) is 4.39 Å². The Morgan fingerprint density at radius 2 is 1.75 bits per heavy atom. The summed E-state index contributed by atoms with van der Waals surface area (Å²) in [6.07, 6.45) is 1.48. The highest BCUT2D eigenvalue weighted by Crippen LogP contribution is 2.26. The van der Waals surface area contributed by atoms with E-state index in [1.54, 1.807) is 18.2 Å². The molecule has 2 aromatic carbocycles. The fraction of sp³-hybridized carbons (Fsp3) is 0.118. The number of nitrogens with one attached hydrogen (secondary N) is 2. The first-order valence-electron chi connectivity index (χ1n) is 7.46. The Balaban J connectivity index is 1.80. The Kier molecular flexibility index (Phi) is 4.81. The summed E-state index contributed by atoms with van der Waals surface area (Å²) in [5.74, 6) is 0.985. The molecule has 1 aromatic heterocycles. The molecular formula is C17H16FN5O. The van der Waals surface area contributed by atoms with E-state index in [-0.39, 0.29) is 17.5 Å². The first-order valence-corrected chi connectivity index (χ1v) is 7.46. The van der Waals surface area contributed by atoms with Crippen LogP contribution in [0.4, 0.5) is 27.5 Å². The third-order valence-corrected chi connectivity index (χ3v) is 3.13. The number of nitrogens with zero attached hydrogens (tertiary/aromatic N) is 3. The van der Waals surface area contributed by atoms with E-state index in [0.29, 0.717) is 18.2 Å². The molecule has 6 nitrogen and oxygen atoms in total. The Morgan fingerprint density at radius 1 is 1.00 bits per heavy atom. The summed E-state index contributed by atoms with van der Waals surface area (Å²) in [7, 11) is 0. The van der Waals surface area contributed by atoms with Crippen molar-refractivity contribution in [2.75, 3.05) is 17.2 Å². The SMILES string of the molecule is CCOc1ccccc1Nc1cnnc(Nc2ccccc2F)n1. The van der Waals surface area contributed by atoms with E-state index in [4.69, 9.17) is 4.74 Å². The van der Waals surface area contributed by atoms with Crippen molar-refractivity contribution in [3.63, 3.8) is 0 Å². The molecule has 0 saturated heterocycles. The van der Waals surface area contributed by atoms with Crippen molar-refractivity contribution >= 4 is 23.1 Å². The average Bonchev–Trinajstić information content (AvgIpc) is 2.59. The van der Waals surface area contributed by atoms with Gasteiger partial charge in [0.1, 0.15) is 11.6 Å². The normalized spacial score (nSPS) is 10.2. The minimum absolute atomic E-state index is 0.194. The van der Waals surface area contributed by atoms with Crippen LogP contribution in [-0.4, -0.2) is 21.8 Å². The zero-order valence-corrected chi connectivity index (χ0v) is 13.0. The Labute approximate surface area is 138 Å². The lowest BCUT2D eigenvalue weighted by Gasteiger charge is -2.12. The topological polar surface area (TPSA) is 72.0 Å². The van der Waals surface area contributed by atoms with Gasteiger partial charge in [-0.15, -0.1) is 5.10 Å². The van der Waals surface area contributed by atoms with Crippen LogP contribution in [0, 0.1) is 5.82 Å². The predicted molar refractivity (Wildman–Crippen MR) is 90.4 cm³/mol. The van der Waals surface area contributed by atoms with Crippen LogP contribution in [0.25, 0.3) is 0 Å². The highest BCUT2D eigenvalue weighted by Gasteiger charge is 2.07. The van der Waals surface area contributed by atoms with Crippen LogP contribution in [0.15, 0.2) is 54.7 Å². The summed E-state index contributed by atoms with van der Waals surface area (Å²) in [4.78, 5) is 4.29. The number of halogens is 1. The smallest absolute Gasteiger partial charge is 0.249 e. The monoisotopic (exact) mass is 325 g/mol. The molecule has 0 radical (unpaired) electrons. The second-order valence-electron chi connectivity index (χ2n) is 4.82. The van der Waals surface area contributed by atoms with Crippen LogP contribution in [0.3, 0.4) is 0 Å². The van der Waals surface area contributed by atoms with Crippen molar-refractivity contribution in [2.24, 2.45) is 0 Å². The van der Waals surface area contributed by atoms with Gasteiger partial charge in [-0.2, -0.15) is 10.1 Å². The van der Waals surface area contributed by atoms with Gasteiger partial charge in [-0.05, 0) is 31.2 Å². The zero-order chi connectivity index (χ0) is 16.8. The number of benzene rings is 2. The van der Waals surface area contributed by atoms with Gasteiger partial charge in [-0.1, -0.05) is 24.3 Å². The summed E-state index contributed by atoms with van der Waals surface area (Å²) in [5, 5.41) is 13.7. The molecule has 7 heteroatoms. The summed E-state index contributed by atoms with van der Waals surface area (Å²) in [5.41, 5.74) is 1.04. The van der Waals surface area contributed by atoms with Crippen molar-refractivity contribution in [3.8, 4) is 5.75 Å². The fourth-order valence-electron chi connectivity index (χ4n) is 2.09. The standard InChI is InChI=1S/C17H16FN5O/c1-2-24-15-10-6-5-9-14(15)20-16-11-19-23-17(22-16)21-13-8-4-3-7-12(13)18/h3-11H,2H2,1H3,(H2,20,21,22,23). The number of hydrogen-bond acceptors (Lipinski definition) is 6. The first kappa shape index (κ1) is 15.7. The molecule has 122 valence electrons. The largest absolute Gasteiger partial charge is 0.492 e. The lowest BCUT2D eigenvalue weighted by molar-refractivity contribution is 0.342. The van der Waals surface area contributed by atoms with E-state index in [0.717, 1.165) is 5.69 Å². The minimum Gasteiger partial charge on any atom is -0.492 e. The quantitative estimate of drug-likeness (QED) is 0.716. The molecule has 0 aliphatic carbocycles. The van der Waals surface area contributed by atoms with E-state index in [1.165, 1.54) is 12.3 Å². The van der Waals surface area contributed by atoms with Crippen molar-refractivity contribution < 1.29 is 9.13 Å². The van der Waals surface area contributed by atoms with E-state index in [1.807, 2.05) is 31.2 Å². The number of hydrogen-bond donors (Lipinski definition) is 2. The van der Waals surface area contributed by atoms with Crippen molar-refractivity contribution in [1.29, 1.82) is 0 Å². The first-order chi connectivity index (χ1) is 11.8. The maximum atomic E-state index is 13.7. The van der Waals surface area contributed by atoms with Crippen LogP contribution in [0.2, 0.25) is 0 Å². The molecule has 0 fully saturated rings. The molecule has 0 saturated carbocycles. The van der Waals surface area contributed by atoms with Crippen LogP contribution >= 0.6 is 0 Å². The molecule has 0 unspecified atom stereocenters. The summed E-state index contributed by atoms with van der Waals surface area (Å²) in [6, 6.07) is 13.8. The van der Waals surface area contributed by atoms with Gasteiger partial charge >= 0.3 is 0 Å². The second kappa shape index (κ2) is 7.36. The van der Waals surface area contributed by atoms with Crippen LogP contribution in [0.5, 0.6) is 5.75 Å². The van der Waals surface area contributed by atoms with Gasteiger partial charge in [-0.3, -0.25) is 0 Å². The molecule has 3 rings (SSSR count). The van der Waals surface area contributed by atoms with Gasteiger partial charge in [0.25, 0.3) is 0 Å². The summed E-state index contributed by atoms with van der Waals surface area (Å²) < 4.78 is 19.2. The van der Waals surface area contributed by atoms with Crippen molar-refractivity contribution in [3.05, 3.63) is 60.5 Å². The second-order valence-corrected chi connectivity index (χ2v) is 4.82. The fourth-order valence-corrected chi connectivity index (χ4v) is 2.09. The van der Waals surface area contributed by atoms with Gasteiger partial charge in [0.2, 0.25) is 5.95 Å². The van der Waals surface area contributed by atoms with Crippen LogP contribution < -0.4 is 15.4 Å². The lowest BCUT2D eigenvalue weighted by atomic mass is 10.3. The van der Waals surface area contributed by atoms with E-state index in [9.17, 15) is 4.39 Å². The third kappa shape index (κ3) is 3.75. The highest BCUT2D eigenvalue weighted by molar-refractivity contribution is 5.64. The van der Waals surface area contributed by atoms with E-state index in [2.05, 4.69) is 25.8 Å².